The third-order valence-electron chi connectivity index (χ3n) is 7.37. The number of nitrogens with two attached hydrogens (primary N) is 1. The standard InChI is InChI=1S/C27H41N7O/c1-4-11-34-19-23(15-21-16-24-22(17-25(21)34)18-29-26(28)31-24)30-27(35)33(14-13-32(2)3)12-10-20-8-6-5-7-9-20/h5-9,18,21,23,25H,4,10-17,19H2,1-3H3,(H,30,35)(H2,28,29,31)/t21-,23+,25-/m1/s1. The van der Waals surface area contributed by atoms with E-state index in [0.717, 1.165) is 57.4 Å². The van der Waals surface area contributed by atoms with Crippen LogP contribution in [0.1, 0.15) is 36.6 Å². The summed E-state index contributed by atoms with van der Waals surface area (Å²) in [6.45, 7) is 6.43. The van der Waals surface area contributed by atoms with Crippen LogP contribution in [0.4, 0.5) is 10.7 Å². The highest BCUT2D eigenvalue weighted by Crippen LogP contribution is 2.34. The number of nitrogens with zero attached hydrogens (tertiary/aromatic N) is 5. The molecule has 1 saturated heterocycles. The summed E-state index contributed by atoms with van der Waals surface area (Å²) in [6.07, 6.45) is 6.70. The van der Waals surface area contributed by atoms with Gasteiger partial charge in [-0.1, -0.05) is 37.3 Å². The number of nitrogens with one attached hydrogen (secondary N) is 1. The molecule has 1 aromatic heterocycles. The second kappa shape index (κ2) is 11.8. The van der Waals surface area contributed by atoms with Crippen molar-refractivity contribution in [3.63, 3.8) is 0 Å². The fourth-order valence-corrected chi connectivity index (χ4v) is 5.57. The molecular weight excluding hydrogens is 438 g/mol. The van der Waals surface area contributed by atoms with E-state index in [4.69, 9.17) is 5.73 Å². The van der Waals surface area contributed by atoms with E-state index < -0.39 is 0 Å². The number of piperidine rings is 1. The fraction of sp³-hybridized carbons (Fsp3) is 0.593. The average molecular weight is 480 g/mol. The molecule has 0 saturated carbocycles. The Morgan fingerprint density at radius 3 is 2.71 bits per heavy atom. The summed E-state index contributed by atoms with van der Waals surface area (Å²) in [5.41, 5.74) is 9.43. The van der Waals surface area contributed by atoms with Gasteiger partial charge in [-0.05, 0) is 69.8 Å². The molecule has 2 aliphatic rings. The number of urea groups is 1. The Morgan fingerprint density at radius 2 is 1.97 bits per heavy atom. The molecule has 0 radical (unpaired) electrons. The number of anilines is 1. The van der Waals surface area contributed by atoms with Crippen LogP contribution in [-0.4, -0.2) is 89.6 Å². The lowest BCUT2D eigenvalue weighted by Gasteiger charge is -2.47. The van der Waals surface area contributed by atoms with Gasteiger partial charge < -0.3 is 20.9 Å². The van der Waals surface area contributed by atoms with E-state index in [2.05, 4.69) is 70.4 Å². The molecular formula is C27H41N7O. The summed E-state index contributed by atoms with van der Waals surface area (Å²) in [5, 5.41) is 3.41. The third kappa shape index (κ3) is 6.70. The number of rotatable bonds is 9. The van der Waals surface area contributed by atoms with Gasteiger partial charge in [-0.3, -0.25) is 4.90 Å². The predicted molar refractivity (Wildman–Crippen MR) is 140 cm³/mol. The molecule has 0 spiro atoms. The highest BCUT2D eigenvalue weighted by atomic mass is 16.2. The zero-order valence-electron chi connectivity index (χ0n) is 21.5. The summed E-state index contributed by atoms with van der Waals surface area (Å²) in [4.78, 5) is 28.9. The number of hydrogen-bond acceptors (Lipinski definition) is 6. The average Bonchev–Trinajstić information content (AvgIpc) is 2.83. The molecule has 3 N–H and O–H groups in total. The molecule has 1 aliphatic carbocycles. The number of fused-ring (bicyclic) bond motifs is 2. The first-order valence-corrected chi connectivity index (χ1v) is 13.0. The van der Waals surface area contributed by atoms with Crippen LogP contribution in [0.2, 0.25) is 0 Å². The number of hydrogen-bond donors (Lipinski definition) is 2. The molecule has 2 aromatic rings. The topological polar surface area (TPSA) is 90.6 Å². The van der Waals surface area contributed by atoms with Crippen LogP contribution in [-0.2, 0) is 19.3 Å². The summed E-state index contributed by atoms with van der Waals surface area (Å²) < 4.78 is 0. The van der Waals surface area contributed by atoms with Crippen LogP contribution in [0, 0.1) is 5.92 Å². The Hall–Kier alpha value is -2.71. The lowest BCUT2D eigenvalue weighted by atomic mass is 9.76. The molecule has 190 valence electrons. The molecule has 2 heterocycles. The van der Waals surface area contributed by atoms with Crippen molar-refractivity contribution in [1.29, 1.82) is 0 Å². The van der Waals surface area contributed by atoms with Crippen molar-refractivity contribution < 1.29 is 4.79 Å². The minimum atomic E-state index is 0.0467. The predicted octanol–water partition coefficient (Wildman–Crippen LogP) is 2.44. The molecule has 4 rings (SSSR count). The van der Waals surface area contributed by atoms with E-state index >= 15 is 0 Å². The maximum Gasteiger partial charge on any atom is 0.317 e. The molecule has 0 unspecified atom stereocenters. The lowest BCUT2D eigenvalue weighted by Crippen LogP contribution is -2.59. The van der Waals surface area contributed by atoms with Gasteiger partial charge in [-0.2, -0.15) is 0 Å². The number of carbonyl (C=O) groups is 1. The van der Waals surface area contributed by atoms with E-state index in [9.17, 15) is 4.79 Å². The van der Waals surface area contributed by atoms with Crippen LogP contribution in [0.5, 0.6) is 0 Å². The maximum absolute atomic E-state index is 13.5. The minimum Gasteiger partial charge on any atom is -0.368 e. The Morgan fingerprint density at radius 1 is 1.17 bits per heavy atom. The van der Waals surface area contributed by atoms with Crippen LogP contribution in [0.25, 0.3) is 0 Å². The van der Waals surface area contributed by atoms with Gasteiger partial charge in [0.25, 0.3) is 0 Å². The van der Waals surface area contributed by atoms with Crippen molar-refractivity contribution in [2.24, 2.45) is 5.92 Å². The molecule has 35 heavy (non-hydrogen) atoms. The molecule has 1 fully saturated rings. The molecule has 3 atom stereocenters. The van der Waals surface area contributed by atoms with E-state index in [-0.39, 0.29) is 12.1 Å². The van der Waals surface area contributed by atoms with Crippen molar-refractivity contribution in [2.45, 2.75) is 51.1 Å². The molecule has 2 amide bonds. The molecule has 0 bridgehead atoms. The Kier molecular flexibility index (Phi) is 8.57. The highest BCUT2D eigenvalue weighted by Gasteiger charge is 2.40. The fourth-order valence-electron chi connectivity index (χ4n) is 5.57. The van der Waals surface area contributed by atoms with Crippen molar-refractivity contribution in [2.75, 3.05) is 52.6 Å². The number of carbonyl (C=O) groups excluding carboxylic acids is 1. The van der Waals surface area contributed by atoms with Crippen LogP contribution in [0.3, 0.4) is 0 Å². The number of benzene rings is 1. The number of nitrogen functional groups attached to an aromatic ring is 1. The van der Waals surface area contributed by atoms with E-state index in [1.54, 1.807) is 0 Å². The van der Waals surface area contributed by atoms with Crippen LogP contribution < -0.4 is 11.1 Å². The molecule has 8 heteroatoms. The van der Waals surface area contributed by atoms with Gasteiger partial charge in [0.2, 0.25) is 5.95 Å². The number of amides is 2. The monoisotopic (exact) mass is 479 g/mol. The number of likely N-dealkylation sites (tertiary alicyclic amines) is 1. The largest absolute Gasteiger partial charge is 0.368 e. The first-order chi connectivity index (χ1) is 16.9. The Bertz CT molecular complexity index is 967. The highest BCUT2D eigenvalue weighted by molar-refractivity contribution is 5.74. The second-order valence-electron chi connectivity index (χ2n) is 10.3. The van der Waals surface area contributed by atoms with Crippen LogP contribution in [0.15, 0.2) is 36.5 Å². The third-order valence-corrected chi connectivity index (χ3v) is 7.37. The maximum atomic E-state index is 13.5. The van der Waals surface area contributed by atoms with E-state index in [0.29, 0.717) is 31.0 Å². The van der Waals surface area contributed by atoms with E-state index in [1.165, 1.54) is 11.1 Å². The smallest absolute Gasteiger partial charge is 0.317 e. The minimum absolute atomic E-state index is 0.0467. The van der Waals surface area contributed by atoms with Crippen molar-refractivity contribution in [3.8, 4) is 0 Å². The SMILES string of the molecule is CCCN1C[C@@H](NC(=O)N(CCc2ccccc2)CCN(C)C)C[C@@H]2Cc3nc(N)ncc3C[C@H]21. The summed E-state index contributed by atoms with van der Waals surface area (Å²) in [5.74, 6) is 0.810. The first kappa shape index (κ1) is 25.4. The van der Waals surface area contributed by atoms with Crippen molar-refractivity contribution in [3.05, 3.63) is 53.3 Å². The quantitative estimate of drug-likeness (QED) is 0.574. The van der Waals surface area contributed by atoms with Crippen molar-refractivity contribution >= 4 is 12.0 Å². The van der Waals surface area contributed by atoms with Gasteiger partial charge in [0.1, 0.15) is 0 Å². The summed E-state index contributed by atoms with van der Waals surface area (Å²) in [6, 6.07) is 11.1. The molecule has 8 nitrogen and oxygen atoms in total. The van der Waals surface area contributed by atoms with Gasteiger partial charge in [0.05, 0.1) is 0 Å². The van der Waals surface area contributed by atoms with Gasteiger partial charge in [-0.25, -0.2) is 14.8 Å². The first-order valence-electron chi connectivity index (χ1n) is 13.0. The normalized spacial score (nSPS) is 21.9. The second-order valence-corrected chi connectivity index (χ2v) is 10.3. The lowest BCUT2D eigenvalue weighted by molar-refractivity contribution is 0.0624. The van der Waals surface area contributed by atoms with Gasteiger partial charge in [0.15, 0.2) is 0 Å². The molecule has 1 aliphatic heterocycles. The zero-order valence-corrected chi connectivity index (χ0v) is 21.5. The Balaban J connectivity index is 1.43. The zero-order chi connectivity index (χ0) is 24.8. The summed E-state index contributed by atoms with van der Waals surface area (Å²) in [7, 11) is 4.10. The van der Waals surface area contributed by atoms with Crippen LogP contribution >= 0.6 is 0 Å². The van der Waals surface area contributed by atoms with Gasteiger partial charge in [0, 0.05) is 50.2 Å². The number of likely N-dealkylation sites (N-methyl/N-ethyl adjacent to an activating group) is 1. The van der Waals surface area contributed by atoms with Crippen molar-refractivity contribution in [1.82, 2.24) is 30.0 Å². The Labute approximate surface area is 209 Å². The number of aromatic nitrogens is 2. The van der Waals surface area contributed by atoms with Gasteiger partial charge >= 0.3 is 6.03 Å². The summed E-state index contributed by atoms with van der Waals surface area (Å²) >= 11 is 0. The van der Waals surface area contributed by atoms with Gasteiger partial charge in [-0.15, -0.1) is 0 Å². The molecule has 1 aromatic carbocycles. The van der Waals surface area contributed by atoms with E-state index in [1.807, 2.05) is 17.2 Å².